The third kappa shape index (κ3) is 3.03. The normalized spacial score (nSPS) is 10.7. The average molecular weight is 247 g/mol. The predicted octanol–water partition coefficient (Wildman–Crippen LogP) is 3.09. The van der Waals surface area contributed by atoms with Gasteiger partial charge in [0.05, 0.1) is 6.20 Å². The Bertz CT molecular complexity index is 505. The van der Waals surface area contributed by atoms with Crippen LogP contribution in [0.15, 0.2) is 35.5 Å². The quantitative estimate of drug-likeness (QED) is 0.667. The minimum Gasteiger partial charge on any atom is -0.398 e. The molecule has 3 nitrogen and oxygen atoms in total. The summed E-state index contributed by atoms with van der Waals surface area (Å²) < 4.78 is 1.94. The zero-order chi connectivity index (χ0) is 12.3. The number of aromatic nitrogens is 2. The van der Waals surface area contributed by atoms with Crippen molar-refractivity contribution in [3.05, 3.63) is 41.7 Å². The second-order valence-electron chi connectivity index (χ2n) is 4.03. The van der Waals surface area contributed by atoms with Gasteiger partial charge >= 0.3 is 0 Å². The maximum absolute atomic E-state index is 5.98. The number of hydrogen-bond donors (Lipinski definition) is 1. The van der Waals surface area contributed by atoms with Gasteiger partial charge in [0.15, 0.2) is 0 Å². The minimum absolute atomic E-state index is 0.859. The largest absolute Gasteiger partial charge is 0.398 e. The van der Waals surface area contributed by atoms with E-state index < -0.39 is 0 Å². The summed E-state index contributed by atoms with van der Waals surface area (Å²) >= 11 is 1.75. The molecule has 0 aliphatic rings. The Labute approximate surface area is 106 Å². The number of rotatable bonds is 4. The van der Waals surface area contributed by atoms with Crippen LogP contribution < -0.4 is 5.73 Å². The maximum Gasteiger partial charge on any atom is 0.0530 e. The maximum atomic E-state index is 5.98. The third-order valence-corrected chi connectivity index (χ3v) is 3.73. The number of nitrogens with two attached hydrogens (primary N) is 1. The standard InChI is InChI=1S/C13H17N3S/c1-3-16-8-11(7-15-16)9-17-13-5-4-10(2)6-12(13)14/h4-8H,3,9,14H2,1-2H3. The summed E-state index contributed by atoms with van der Waals surface area (Å²) in [6.45, 7) is 5.05. The Hall–Kier alpha value is -1.42. The van der Waals surface area contributed by atoms with Gasteiger partial charge in [-0.15, -0.1) is 11.8 Å². The van der Waals surface area contributed by atoms with Gasteiger partial charge in [-0.25, -0.2) is 0 Å². The third-order valence-electron chi connectivity index (χ3n) is 2.57. The van der Waals surface area contributed by atoms with Crippen LogP contribution in [0, 0.1) is 6.92 Å². The van der Waals surface area contributed by atoms with E-state index in [0.29, 0.717) is 0 Å². The van der Waals surface area contributed by atoms with E-state index in [1.807, 2.05) is 16.9 Å². The molecule has 0 saturated carbocycles. The second-order valence-corrected chi connectivity index (χ2v) is 5.05. The molecule has 2 rings (SSSR count). The summed E-state index contributed by atoms with van der Waals surface area (Å²) in [4.78, 5) is 1.14. The molecule has 0 saturated heterocycles. The fraction of sp³-hybridized carbons (Fsp3) is 0.308. The molecule has 0 fully saturated rings. The van der Waals surface area contributed by atoms with Gasteiger partial charge in [0, 0.05) is 34.6 Å². The SMILES string of the molecule is CCn1cc(CSc2ccc(C)cc2N)cn1. The Balaban J connectivity index is 2.02. The van der Waals surface area contributed by atoms with Crippen LogP contribution >= 0.6 is 11.8 Å². The van der Waals surface area contributed by atoms with Crippen molar-refractivity contribution in [3.8, 4) is 0 Å². The van der Waals surface area contributed by atoms with Gasteiger partial charge < -0.3 is 5.73 Å². The lowest BCUT2D eigenvalue weighted by atomic mass is 10.2. The van der Waals surface area contributed by atoms with Crippen LogP contribution in [0.4, 0.5) is 5.69 Å². The van der Waals surface area contributed by atoms with Crippen molar-refractivity contribution < 1.29 is 0 Å². The van der Waals surface area contributed by atoms with Gasteiger partial charge in [-0.2, -0.15) is 5.10 Å². The summed E-state index contributed by atoms with van der Waals surface area (Å²) in [7, 11) is 0. The molecule has 0 spiro atoms. The van der Waals surface area contributed by atoms with Gasteiger partial charge in [-0.1, -0.05) is 6.07 Å². The fourth-order valence-corrected chi connectivity index (χ4v) is 2.48. The smallest absolute Gasteiger partial charge is 0.0530 e. The summed E-state index contributed by atoms with van der Waals surface area (Å²) in [5, 5.41) is 4.26. The van der Waals surface area contributed by atoms with Crippen LogP contribution in [0.5, 0.6) is 0 Å². The van der Waals surface area contributed by atoms with Crippen LogP contribution in [0.3, 0.4) is 0 Å². The van der Waals surface area contributed by atoms with Gasteiger partial charge in [0.2, 0.25) is 0 Å². The monoisotopic (exact) mass is 247 g/mol. The van der Waals surface area contributed by atoms with E-state index in [2.05, 4.69) is 37.3 Å². The molecule has 0 amide bonds. The number of aryl methyl sites for hydroxylation is 2. The zero-order valence-corrected chi connectivity index (χ0v) is 11.0. The van der Waals surface area contributed by atoms with Gasteiger partial charge in [-0.3, -0.25) is 4.68 Å². The Morgan fingerprint density at radius 3 is 2.88 bits per heavy atom. The molecule has 0 radical (unpaired) electrons. The lowest BCUT2D eigenvalue weighted by Gasteiger charge is -2.05. The number of nitrogen functional groups attached to an aromatic ring is 1. The number of benzene rings is 1. The minimum atomic E-state index is 0.859. The molecule has 1 aromatic heterocycles. The summed E-state index contributed by atoms with van der Waals surface area (Å²) in [6, 6.07) is 6.19. The van der Waals surface area contributed by atoms with E-state index in [4.69, 9.17) is 5.73 Å². The molecule has 2 N–H and O–H groups in total. The van der Waals surface area contributed by atoms with Crippen molar-refractivity contribution in [2.45, 2.75) is 31.0 Å². The lowest BCUT2D eigenvalue weighted by molar-refractivity contribution is 0.659. The lowest BCUT2D eigenvalue weighted by Crippen LogP contribution is -1.92. The Kier molecular flexibility index (Phi) is 3.74. The van der Waals surface area contributed by atoms with Crippen molar-refractivity contribution in [1.82, 2.24) is 9.78 Å². The van der Waals surface area contributed by atoms with E-state index in [1.54, 1.807) is 11.8 Å². The van der Waals surface area contributed by atoms with Gasteiger partial charge in [0.25, 0.3) is 0 Å². The van der Waals surface area contributed by atoms with Crippen LogP contribution in [-0.4, -0.2) is 9.78 Å². The van der Waals surface area contributed by atoms with Crippen molar-refractivity contribution in [2.75, 3.05) is 5.73 Å². The van der Waals surface area contributed by atoms with E-state index in [-0.39, 0.29) is 0 Å². The Morgan fingerprint density at radius 1 is 1.41 bits per heavy atom. The highest BCUT2D eigenvalue weighted by molar-refractivity contribution is 7.98. The van der Waals surface area contributed by atoms with E-state index in [0.717, 1.165) is 22.9 Å². The van der Waals surface area contributed by atoms with E-state index in [1.165, 1.54) is 11.1 Å². The van der Waals surface area contributed by atoms with Crippen molar-refractivity contribution in [3.63, 3.8) is 0 Å². The summed E-state index contributed by atoms with van der Waals surface area (Å²) in [5.74, 6) is 0.910. The van der Waals surface area contributed by atoms with Crippen LogP contribution in [0.25, 0.3) is 0 Å². The van der Waals surface area contributed by atoms with Crippen LogP contribution in [0.2, 0.25) is 0 Å². The molecule has 0 aliphatic carbocycles. The van der Waals surface area contributed by atoms with E-state index >= 15 is 0 Å². The number of thioether (sulfide) groups is 1. The first-order valence-electron chi connectivity index (χ1n) is 5.69. The molecule has 4 heteroatoms. The number of anilines is 1. The molecule has 0 aliphatic heterocycles. The van der Waals surface area contributed by atoms with Gasteiger partial charge in [-0.05, 0) is 31.5 Å². The first-order chi connectivity index (χ1) is 8.19. The van der Waals surface area contributed by atoms with E-state index in [9.17, 15) is 0 Å². The molecular weight excluding hydrogens is 230 g/mol. The first-order valence-corrected chi connectivity index (χ1v) is 6.68. The molecule has 1 heterocycles. The van der Waals surface area contributed by atoms with Crippen molar-refractivity contribution in [1.29, 1.82) is 0 Å². The first kappa shape index (κ1) is 12.0. The summed E-state index contributed by atoms with van der Waals surface area (Å²) in [6.07, 6.45) is 4.00. The molecule has 0 bridgehead atoms. The molecule has 2 aromatic rings. The van der Waals surface area contributed by atoms with Crippen LogP contribution in [-0.2, 0) is 12.3 Å². The fourth-order valence-electron chi connectivity index (χ4n) is 1.61. The molecule has 1 aromatic carbocycles. The highest BCUT2D eigenvalue weighted by atomic mass is 32.2. The van der Waals surface area contributed by atoms with Crippen molar-refractivity contribution in [2.24, 2.45) is 0 Å². The molecule has 0 unspecified atom stereocenters. The predicted molar refractivity (Wildman–Crippen MR) is 73.1 cm³/mol. The average Bonchev–Trinajstić information content (AvgIpc) is 2.76. The molecule has 0 atom stereocenters. The molecular formula is C13H17N3S. The second kappa shape index (κ2) is 5.27. The highest BCUT2D eigenvalue weighted by Crippen LogP contribution is 2.28. The number of nitrogens with zero attached hydrogens (tertiary/aromatic N) is 2. The van der Waals surface area contributed by atoms with Gasteiger partial charge in [0.1, 0.15) is 0 Å². The molecule has 17 heavy (non-hydrogen) atoms. The highest BCUT2D eigenvalue weighted by Gasteiger charge is 2.02. The van der Waals surface area contributed by atoms with Crippen molar-refractivity contribution >= 4 is 17.4 Å². The number of hydrogen-bond acceptors (Lipinski definition) is 3. The topological polar surface area (TPSA) is 43.8 Å². The van der Waals surface area contributed by atoms with Crippen LogP contribution in [0.1, 0.15) is 18.1 Å². The Morgan fingerprint density at radius 2 is 2.24 bits per heavy atom. The summed E-state index contributed by atoms with van der Waals surface area (Å²) in [5.41, 5.74) is 9.27. The zero-order valence-electron chi connectivity index (χ0n) is 10.2. The molecule has 90 valence electrons.